The second-order valence-corrected chi connectivity index (χ2v) is 7.93. The second-order valence-electron chi connectivity index (χ2n) is 6.10. The maximum atomic E-state index is 12.5. The van der Waals surface area contributed by atoms with Crippen molar-refractivity contribution < 1.29 is 14.3 Å². The molecule has 7 heteroatoms. The second kappa shape index (κ2) is 9.62. The molecule has 146 valence electrons. The van der Waals surface area contributed by atoms with Crippen LogP contribution in [0.3, 0.4) is 0 Å². The van der Waals surface area contributed by atoms with Crippen molar-refractivity contribution >= 4 is 50.0 Å². The van der Waals surface area contributed by atoms with Gasteiger partial charge in [-0.1, -0.05) is 56.1 Å². The number of carbonyl (C=O) groups excluding carboxylic acids is 2. The van der Waals surface area contributed by atoms with Crippen LogP contribution in [0.25, 0.3) is 0 Å². The minimum absolute atomic E-state index is 0.335. The fourth-order valence-electron chi connectivity index (χ4n) is 2.52. The summed E-state index contributed by atoms with van der Waals surface area (Å²) in [7, 11) is 0. The van der Waals surface area contributed by atoms with E-state index < -0.39 is 5.97 Å². The Morgan fingerprint density at radius 3 is 2.48 bits per heavy atom. The lowest BCUT2D eigenvalue weighted by Crippen LogP contribution is -2.17. The molecule has 0 unspecified atom stereocenters. The maximum absolute atomic E-state index is 12.5. The number of nitrogens with one attached hydrogen (secondary N) is 1. The van der Waals surface area contributed by atoms with E-state index in [4.69, 9.17) is 4.74 Å². The lowest BCUT2D eigenvalue weighted by molar-refractivity contribution is 0.0733. The monoisotopic (exact) mass is 514 g/mol. The van der Waals surface area contributed by atoms with E-state index in [9.17, 15) is 9.59 Å². The molecule has 0 heterocycles. The molecule has 3 aromatic rings. The number of ether oxygens (including phenoxy) is 1. The molecule has 0 saturated heterocycles. The molecule has 3 rings (SSSR count). The highest BCUT2D eigenvalue weighted by Crippen LogP contribution is 2.23. The van der Waals surface area contributed by atoms with Crippen LogP contribution in [0, 0.1) is 6.92 Å². The number of carbonyl (C=O) groups is 2. The van der Waals surface area contributed by atoms with Crippen molar-refractivity contribution in [3.05, 3.63) is 97.9 Å². The van der Waals surface area contributed by atoms with Gasteiger partial charge < -0.3 is 4.74 Å². The zero-order valence-corrected chi connectivity index (χ0v) is 18.5. The zero-order chi connectivity index (χ0) is 20.8. The van der Waals surface area contributed by atoms with Crippen molar-refractivity contribution in [3.8, 4) is 5.75 Å². The van der Waals surface area contributed by atoms with Gasteiger partial charge in [-0.25, -0.2) is 10.2 Å². The minimum Gasteiger partial charge on any atom is -0.422 e. The highest BCUT2D eigenvalue weighted by atomic mass is 79.9. The number of halogens is 2. The first-order chi connectivity index (χ1) is 13.9. The number of amides is 1. The van der Waals surface area contributed by atoms with Gasteiger partial charge in [0.15, 0.2) is 0 Å². The van der Waals surface area contributed by atoms with Crippen LogP contribution in [0.1, 0.15) is 31.8 Å². The van der Waals surface area contributed by atoms with Crippen molar-refractivity contribution in [2.24, 2.45) is 5.10 Å². The van der Waals surface area contributed by atoms with Gasteiger partial charge in [-0.15, -0.1) is 0 Å². The Labute approximate surface area is 185 Å². The summed E-state index contributed by atoms with van der Waals surface area (Å²) in [6.07, 6.45) is 1.43. The van der Waals surface area contributed by atoms with Crippen LogP contribution in [0.15, 0.2) is 80.8 Å². The summed E-state index contributed by atoms with van der Waals surface area (Å²) >= 11 is 6.72. The Bertz CT molecular complexity index is 1100. The Balaban J connectivity index is 1.76. The van der Waals surface area contributed by atoms with Gasteiger partial charge in [-0.05, 0) is 55.0 Å². The molecule has 0 bridgehead atoms. The van der Waals surface area contributed by atoms with Gasteiger partial charge in [0, 0.05) is 20.1 Å². The Morgan fingerprint density at radius 2 is 1.72 bits per heavy atom. The number of hydrogen-bond donors (Lipinski definition) is 1. The van der Waals surface area contributed by atoms with Crippen molar-refractivity contribution in [1.29, 1.82) is 0 Å². The fraction of sp³-hybridized carbons (Fsp3) is 0.0455. The molecule has 3 aromatic carbocycles. The molecule has 0 aliphatic rings. The van der Waals surface area contributed by atoms with Gasteiger partial charge in [0.2, 0.25) is 0 Å². The number of hydrogen-bond acceptors (Lipinski definition) is 4. The summed E-state index contributed by atoms with van der Waals surface area (Å²) in [4.78, 5) is 24.7. The molecule has 0 fully saturated rings. The van der Waals surface area contributed by atoms with E-state index in [0.29, 0.717) is 22.4 Å². The van der Waals surface area contributed by atoms with E-state index in [1.165, 1.54) is 6.21 Å². The Hall–Kier alpha value is -2.77. The third kappa shape index (κ3) is 5.62. The van der Waals surface area contributed by atoms with Crippen molar-refractivity contribution in [2.75, 3.05) is 0 Å². The summed E-state index contributed by atoms with van der Waals surface area (Å²) in [5.41, 5.74) is 4.79. The first kappa shape index (κ1) is 21.0. The van der Waals surface area contributed by atoms with Gasteiger partial charge in [0.1, 0.15) is 5.75 Å². The van der Waals surface area contributed by atoms with Crippen LogP contribution in [-0.2, 0) is 0 Å². The van der Waals surface area contributed by atoms with Gasteiger partial charge in [0.25, 0.3) is 5.91 Å². The van der Waals surface area contributed by atoms with Gasteiger partial charge in [-0.3, -0.25) is 4.79 Å². The molecule has 0 aliphatic heterocycles. The minimum atomic E-state index is -0.460. The van der Waals surface area contributed by atoms with Crippen LogP contribution in [0.2, 0.25) is 0 Å². The van der Waals surface area contributed by atoms with Gasteiger partial charge in [-0.2, -0.15) is 5.10 Å². The van der Waals surface area contributed by atoms with Gasteiger partial charge >= 0.3 is 5.97 Å². The van der Waals surface area contributed by atoms with E-state index in [1.807, 2.05) is 25.1 Å². The van der Waals surface area contributed by atoms with Crippen molar-refractivity contribution in [3.63, 3.8) is 0 Å². The van der Waals surface area contributed by atoms with Crippen LogP contribution < -0.4 is 10.2 Å². The summed E-state index contributed by atoms with van der Waals surface area (Å²) in [5.74, 6) is -0.476. The molecule has 5 nitrogen and oxygen atoms in total. The number of hydrazone groups is 1. The lowest BCUT2D eigenvalue weighted by atomic mass is 10.1. The average molecular weight is 516 g/mol. The third-order valence-electron chi connectivity index (χ3n) is 4.00. The van der Waals surface area contributed by atoms with Crippen LogP contribution in [-0.4, -0.2) is 18.1 Å². The van der Waals surface area contributed by atoms with Crippen molar-refractivity contribution in [2.45, 2.75) is 6.92 Å². The average Bonchev–Trinajstić information content (AvgIpc) is 2.70. The van der Waals surface area contributed by atoms with Crippen LogP contribution in [0.5, 0.6) is 5.75 Å². The fourth-order valence-corrected chi connectivity index (χ4v) is 3.30. The normalized spacial score (nSPS) is 10.7. The molecule has 0 aromatic heterocycles. The first-order valence-electron chi connectivity index (χ1n) is 8.60. The highest BCUT2D eigenvalue weighted by molar-refractivity contribution is 9.10. The first-order valence-corrected chi connectivity index (χ1v) is 10.2. The molecule has 29 heavy (non-hydrogen) atoms. The summed E-state index contributed by atoms with van der Waals surface area (Å²) in [6, 6.07) is 19.3. The number of benzene rings is 3. The van der Waals surface area contributed by atoms with E-state index in [1.54, 1.807) is 48.5 Å². The summed E-state index contributed by atoms with van der Waals surface area (Å²) < 4.78 is 7.14. The van der Waals surface area contributed by atoms with E-state index in [2.05, 4.69) is 42.4 Å². The number of rotatable bonds is 5. The zero-order valence-electron chi connectivity index (χ0n) is 15.4. The number of aryl methyl sites for hydroxylation is 1. The molecule has 1 amide bonds. The van der Waals surface area contributed by atoms with Gasteiger partial charge in [0.05, 0.1) is 11.8 Å². The maximum Gasteiger partial charge on any atom is 0.343 e. The lowest BCUT2D eigenvalue weighted by Gasteiger charge is -2.09. The molecular formula is C22H16Br2N2O3. The topological polar surface area (TPSA) is 67.8 Å². The standard InChI is InChI=1S/C22H16Br2N2O3/c1-14-5-2-3-8-19(14)22(28)29-20-10-9-18(24)12-16(20)13-25-26-21(27)15-6-4-7-17(23)11-15/h2-13H,1H3,(H,26,27). The molecule has 1 N–H and O–H groups in total. The molecule has 0 atom stereocenters. The summed E-state index contributed by atoms with van der Waals surface area (Å²) in [5, 5.41) is 3.99. The molecule has 0 aliphatic carbocycles. The quantitative estimate of drug-likeness (QED) is 0.211. The molecule has 0 radical (unpaired) electrons. The summed E-state index contributed by atoms with van der Waals surface area (Å²) in [6.45, 7) is 1.85. The number of nitrogens with zero attached hydrogens (tertiary/aromatic N) is 1. The third-order valence-corrected chi connectivity index (χ3v) is 4.98. The molecular weight excluding hydrogens is 500 g/mol. The molecule has 0 spiro atoms. The largest absolute Gasteiger partial charge is 0.422 e. The van der Waals surface area contributed by atoms with E-state index in [-0.39, 0.29) is 5.91 Å². The molecule has 0 saturated carbocycles. The Kier molecular flexibility index (Phi) is 6.95. The Morgan fingerprint density at radius 1 is 0.966 bits per heavy atom. The van der Waals surface area contributed by atoms with E-state index >= 15 is 0 Å². The predicted octanol–water partition coefficient (Wildman–Crippen LogP) is 5.50. The SMILES string of the molecule is Cc1ccccc1C(=O)Oc1ccc(Br)cc1C=NNC(=O)c1cccc(Br)c1. The van der Waals surface area contributed by atoms with Crippen LogP contribution in [0.4, 0.5) is 0 Å². The number of esters is 1. The van der Waals surface area contributed by atoms with E-state index in [0.717, 1.165) is 14.5 Å². The van der Waals surface area contributed by atoms with Crippen molar-refractivity contribution in [1.82, 2.24) is 5.43 Å². The highest BCUT2D eigenvalue weighted by Gasteiger charge is 2.13. The predicted molar refractivity (Wildman–Crippen MR) is 119 cm³/mol. The smallest absolute Gasteiger partial charge is 0.343 e. The van der Waals surface area contributed by atoms with Crippen LogP contribution >= 0.6 is 31.9 Å².